The summed E-state index contributed by atoms with van der Waals surface area (Å²) in [6, 6.07) is 0. The van der Waals surface area contributed by atoms with E-state index in [9.17, 15) is 4.79 Å². The predicted octanol–water partition coefficient (Wildman–Crippen LogP) is 0.0948. The number of ether oxygens (including phenoxy) is 1. The number of rotatable bonds is 5. The van der Waals surface area contributed by atoms with Crippen molar-refractivity contribution in [2.75, 3.05) is 32.7 Å². The third kappa shape index (κ3) is 3.93. The van der Waals surface area contributed by atoms with E-state index in [1.54, 1.807) is 0 Å². The van der Waals surface area contributed by atoms with Gasteiger partial charge in [0.05, 0.1) is 6.10 Å². The largest absolute Gasteiger partial charge is 0.364 e. The highest BCUT2D eigenvalue weighted by Crippen LogP contribution is 2.18. The fraction of sp³-hybridized carbons (Fsp3) is 0.923. The van der Waals surface area contributed by atoms with E-state index in [1.165, 1.54) is 32.4 Å². The molecule has 0 aromatic carbocycles. The Kier molecular flexibility index (Phi) is 5.41. The zero-order valence-corrected chi connectivity index (χ0v) is 11.1. The van der Waals surface area contributed by atoms with Crippen molar-refractivity contribution in [1.82, 2.24) is 10.2 Å². The number of likely N-dealkylation sites (tertiary alicyclic amines) is 1. The molecule has 3 N–H and O–H groups in total. The number of nitrogens with one attached hydrogen (secondary N) is 1. The molecule has 0 saturated carbocycles. The summed E-state index contributed by atoms with van der Waals surface area (Å²) in [5, 5.41) is 2.97. The number of nitrogens with two attached hydrogens (primary N) is 1. The standard InChI is InChI=1S/C13H25N3O2/c14-10-11-4-5-12(18-11)13(17)15-6-9-16-7-2-1-3-8-16/h11-12H,1-10,14H2,(H,15,17)/t11-,12+/m1/s1. The Morgan fingerprint density at radius 1 is 1.28 bits per heavy atom. The van der Waals surface area contributed by atoms with Gasteiger partial charge in [-0.1, -0.05) is 6.42 Å². The van der Waals surface area contributed by atoms with Gasteiger partial charge in [0, 0.05) is 19.6 Å². The van der Waals surface area contributed by atoms with Gasteiger partial charge in [0.25, 0.3) is 0 Å². The molecule has 0 aromatic rings. The van der Waals surface area contributed by atoms with Crippen molar-refractivity contribution in [3.8, 4) is 0 Å². The van der Waals surface area contributed by atoms with Crippen LogP contribution in [0.2, 0.25) is 0 Å². The van der Waals surface area contributed by atoms with Crippen LogP contribution < -0.4 is 11.1 Å². The molecule has 0 unspecified atom stereocenters. The van der Waals surface area contributed by atoms with Gasteiger partial charge in [0.15, 0.2) is 0 Å². The minimum Gasteiger partial charge on any atom is -0.364 e. The molecule has 2 aliphatic heterocycles. The quantitative estimate of drug-likeness (QED) is 0.731. The fourth-order valence-electron chi connectivity index (χ4n) is 2.71. The van der Waals surface area contributed by atoms with Gasteiger partial charge in [-0.15, -0.1) is 0 Å². The van der Waals surface area contributed by atoms with E-state index in [0.29, 0.717) is 6.54 Å². The lowest BCUT2D eigenvalue weighted by Gasteiger charge is -2.26. The number of carbonyl (C=O) groups excluding carboxylic acids is 1. The summed E-state index contributed by atoms with van der Waals surface area (Å²) in [5.41, 5.74) is 5.53. The highest BCUT2D eigenvalue weighted by Gasteiger charge is 2.29. The highest BCUT2D eigenvalue weighted by molar-refractivity contribution is 5.81. The van der Waals surface area contributed by atoms with Crippen LogP contribution in [0.15, 0.2) is 0 Å². The normalized spacial score (nSPS) is 29.4. The van der Waals surface area contributed by atoms with Gasteiger partial charge in [0.1, 0.15) is 6.10 Å². The average molecular weight is 255 g/mol. The molecule has 0 aliphatic carbocycles. The van der Waals surface area contributed by atoms with Crippen LogP contribution in [0.4, 0.5) is 0 Å². The molecule has 0 spiro atoms. The smallest absolute Gasteiger partial charge is 0.249 e. The van der Waals surface area contributed by atoms with Gasteiger partial charge in [0.2, 0.25) is 5.91 Å². The Balaban J connectivity index is 1.60. The summed E-state index contributed by atoms with van der Waals surface area (Å²) >= 11 is 0. The maximum Gasteiger partial charge on any atom is 0.249 e. The van der Waals surface area contributed by atoms with Crippen molar-refractivity contribution < 1.29 is 9.53 Å². The Labute approximate surface area is 109 Å². The van der Waals surface area contributed by atoms with Crippen LogP contribution in [0.25, 0.3) is 0 Å². The molecule has 0 bridgehead atoms. The average Bonchev–Trinajstić information content (AvgIpc) is 2.89. The monoisotopic (exact) mass is 255 g/mol. The molecule has 1 amide bonds. The van der Waals surface area contributed by atoms with Crippen molar-refractivity contribution in [3.05, 3.63) is 0 Å². The van der Waals surface area contributed by atoms with E-state index in [1.807, 2.05) is 0 Å². The molecular weight excluding hydrogens is 230 g/mol. The predicted molar refractivity (Wildman–Crippen MR) is 70.3 cm³/mol. The SMILES string of the molecule is NC[C@H]1CC[C@@H](C(=O)NCCN2CCCCC2)O1. The molecule has 2 aliphatic rings. The molecule has 104 valence electrons. The molecule has 5 heteroatoms. The lowest BCUT2D eigenvalue weighted by molar-refractivity contribution is -0.131. The van der Waals surface area contributed by atoms with Crippen molar-refractivity contribution in [3.63, 3.8) is 0 Å². The van der Waals surface area contributed by atoms with Crippen LogP contribution in [0.3, 0.4) is 0 Å². The van der Waals surface area contributed by atoms with Crippen molar-refractivity contribution in [2.24, 2.45) is 5.73 Å². The lowest BCUT2D eigenvalue weighted by Crippen LogP contribution is -2.41. The van der Waals surface area contributed by atoms with E-state index < -0.39 is 0 Å². The van der Waals surface area contributed by atoms with Crippen molar-refractivity contribution in [2.45, 2.75) is 44.3 Å². The highest BCUT2D eigenvalue weighted by atomic mass is 16.5. The van der Waals surface area contributed by atoms with Gasteiger partial charge < -0.3 is 20.7 Å². The maximum absolute atomic E-state index is 11.9. The number of hydrogen-bond acceptors (Lipinski definition) is 4. The molecule has 0 aromatic heterocycles. The first kappa shape index (κ1) is 13.8. The van der Waals surface area contributed by atoms with E-state index in [4.69, 9.17) is 10.5 Å². The van der Waals surface area contributed by atoms with Crippen molar-refractivity contribution >= 4 is 5.91 Å². The molecule has 2 saturated heterocycles. The van der Waals surface area contributed by atoms with Gasteiger partial charge in [-0.3, -0.25) is 4.79 Å². The minimum absolute atomic E-state index is 0.0305. The second-order valence-corrected chi connectivity index (χ2v) is 5.25. The Morgan fingerprint density at radius 3 is 2.72 bits per heavy atom. The topological polar surface area (TPSA) is 67.6 Å². The summed E-state index contributed by atoms with van der Waals surface area (Å²) in [5.74, 6) is 0.0305. The number of amides is 1. The summed E-state index contributed by atoms with van der Waals surface area (Å²) in [6.07, 6.45) is 5.43. The van der Waals surface area contributed by atoms with E-state index in [0.717, 1.165) is 25.9 Å². The zero-order chi connectivity index (χ0) is 12.8. The molecule has 18 heavy (non-hydrogen) atoms. The van der Waals surface area contributed by atoms with Crippen LogP contribution in [-0.4, -0.2) is 55.7 Å². The van der Waals surface area contributed by atoms with Crippen LogP contribution in [0, 0.1) is 0 Å². The Bertz CT molecular complexity index is 267. The van der Waals surface area contributed by atoms with Crippen LogP contribution >= 0.6 is 0 Å². The maximum atomic E-state index is 11.9. The molecule has 2 rings (SSSR count). The fourth-order valence-corrected chi connectivity index (χ4v) is 2.71. The molecule has 2 heterocycles. The van der Waals surface area contributed by atoms with Gasteiger partial charge in [-0.25, -0.2) is 0 Å². The third-order valence-corrected chi connectivity index (χ3v) is 3.84. The van der Waals surface area contributed by atoms with E-state index in [2.05, 4.69) is 10.2 Å². The number of piperidine rings is 1. The first-order chi connectivity index (χ1) is 8.79. The summed E-state index contributed by atoms with van der Waals surface area (Å²) in [7, 11) is 0. The second-order valence-electron chi connectivity index (χ2n) is 5.25. The lowest BCUT2D eigenvalue weighted by atomic mass is 10.1. The number of carbonyl (C=O) groups is 1. The van der Waals surface area contributed by atoms with Gasteiger partial charge in [-0.05, 0) is 38.8 Å². The summed E-state index contributed by atoms with van der Waals surface area (Å²) in [4.78, 5) is 14.3. The van der Waals surface area contributed by atoms with E-state index >= 15 is 0 Å². The van der Waals surface area contributed by atoms with Crippen molar-refractivity contribution in [1.29, 1.82) is 0 Å². The number of nitrogens with zero attached hydrogens (tertiary/aromatic N) is 1. The van der Waals surface area contributed by atoms with Crippen LogP contribution in [0.1, 0.15) is 32.1 Å². The molecule has 2 atom stereocenters. The second kappa shape index (κ2) is 7.07. The molecule has 2 fully saturated rings. The third-order valence-electron chi connectivity index (χ3n) is 3.84. The molecular formula is C13H25N3O2. The summed E-state index contributed by atoms with van der Waals surface area (Å²) in [6.45, 7) is 4.54. The minimum atomic E-state index is -0.278. The van der Waals surface area contributed by atoms with E-state index in [-0.39, 0.29) is 18.1 Å². The zero-order valence-electron chi connectivity index (χ0n) is 11.1. The first-order valence-corrected chi connectivity index (χ1v) is 7.15. The molecule has 0 radical (unpaired) electrons. The molecule has 5 nitrogen and oxygen atoms in total. The Morgan fingerprint density at radius 2 is 2.06 bits per heavy atom. The van der Waals surface area contributed by atoms with Gasteiger partial charge >= 0.3 is 0 Å². The summed E-state index contributed by atoms with van der Waals surface area (Å²) < 4.78 is 5.56. The first-order valence-electron chi connectivity index (χ1n) is 7.15. The van der Waals surface area contributed by atoms with Gasteiger partial charge in [-0.2, -0.15) is 0 Å². The van der Waals surface area contributed by atoms with Crippen LogP contribution in [-0.2, 0) is 9.53 Å². The number of hydrogen-bond donors (Lipinski definition) is 2. The van der Waals surface area contributed by atoms with Crippen LogP contribution in [0.5, 0.6) is 0 Å². The Hall–Kier alpha value is -0.650.